The second-order valence-electron chi connectivity index (χ2n) is 5.75. The smallest absolute Gasteiger partial charge is 0.223 e. The van der Waals surface area contributed by atoms with Crippen LogP contribution in [0.2, 0.25) is 0 Å². The average molecular weight is 289 g/mol. The Balaban J connectivity index is 1.55. The lowest BCUT2D eigenvalue weighted by molar-refractivity contribution is -0.126. The molecule has 1 aromatic heterocycles. The molecule has 1 atom stereocenters. The highest BCUT2D eigenvalue weighted by atomic mass is 19.1. The number of carbonyl (C=O) groups is 1. The number of fused-ring (bicyclic) bond motifs is 1. The van der Waals surface area contributed by atoms with E-state index in [-0.39, 0.29) is 17.6 Å². The average Bonchev–Trinajstić information content (AvgIpc) is 2.79. The van der Waals surface area contributed by atoms with Crippen molar-refractivity contribution in [2.24, 2.45) is 11.8 Å². The van der Waals surface area contributed by atoms with Crippen molar-refractivity contribution in [2.45, 2.75) is 13.3 Å². The zero-order valence-electron chi connectivity index (χ0n) is 12.1. The van der Waals surface area contributed by atoms with Crippen LogP contribution in [-0.2, 0) is 11.2 Å². The molecule has 2 heterocycles. The van der Waals surface area contributed by atoms with Crippen molar-refractivity contribution in [3.63, 3.8) is 0 Å². The SMILES string of the molecule is CC(C(=O)NCCc1c[nH]c2cc(F)ccc12)C1CNC1. The Bertz CT molecular complexity index is 648. The van der Waals surface area contributed by atoms with E-state index in [1.165, 1.54) is 12.1 Å². The molecule has 3 N–H and O–H groups in total. The molecule has 1 saturated heterocycles. The normalized spacial score (nSPS) is 16.7. The van der Waals surface area contributed by atoms with Crippen LogP contribution in [0, 0.1) is 17.7 Å². The van der Waals surface area contributed by atoms with Crippen LogP contribution < -0.4 is 10.6 Å². The zero-order chi connectivity index (χ0) is 14.8. The minimum absolute atomic E-state index is 0.0586. The van der Waals surface area contributed by atoms with E-state index < -0.39 is 0 Å². The fourth-order valence-electron chi connectivity index (χ4n) is 2.73. The summed E-state index contributed by atoms with van der Waals surface area (Å²) in [4.78, 5) is 15.1. The number of H-pyrrole nitrogens is 1. The summed E-state index contributed by atoms with van der Waals surface area (Å²) in [7, 11) is 0. The molecular formula is C16H20FN3O. The molecule has 0 spiro atoms. The van der Waals surface area contributed by atoms with Crippen LogP contribution in [0.5, 0.6) is 0 Å². The van der Waals surface area contributed by atoms with Gasteiger partial charge in [-0.05, 0) is 49.2 Å². The van der Waals surface area contributed by atoms with Gasteiger partial charge in [-0.15, -0.1) is 0 Å². The molecule has 21 heavy (non-hydrogen) atoms. The highest BCUT2D eigenvalue weighted by molar-refractivity contribution is 5.83. The van der Waals surface area contributed by atoms with E-state index in [9.17, 15) is 9.18 Å². The van der Waals surface area contributed by atoms with E-state index >= 15 is 0 Å². The Morgan fingerprint density at radius 3 is 3.00 bits per heavy atom. The molecule has 112 valence electrons. The van der Waals surface area contributed by atoms with Crippen molar-refractivity contribution in [3.05, 3.63) is 35.8 Å². The lowest BCUT2D eigenvalue weighted by Crippen LogP contribution is -2.49. The first-order valence-electron chi connectivity index (χ1n) is 7.39. The number of rotatable bonds is 5. The summed E-state index contributed by atoms with van der Waals surface area (Å²) in [5.74, 6) is 0.392. The first-order valence-corrected chi connectivity index (χ1v) is 7.39. The van der Waals surface area contributed by atoms with Crippen LogP contribution in [0.15, 0.2) is 24.4 Å². The van der Waals surface area contributed by atoms with Crippen LogP contribution in [-0.4, -0.2) is 30.5 Å². The molecule has 5 heteroatoms. The summed E-state index contributed by atoms with van der Waals surface area (Å²) >= 11 is 0. The van der Waals surface area contributed by atoms with E-state index in [2.05, 4.69) is 15.6 Å². The summed E-state index contributed by atoms with van der Waals surface area (Å²) in [6.07, 6.45) is 2.63. The van der Waals surface area contributed by atoms with Crippen LogP contribution >= 0.6 is 0 Å². The summed E-state index contributed by atoms with van der Waals surface area (Å²) in [6.45, 7) is 4.45. The number of amides is 1. The summed E-state index contributed by atoms with van der Waals surface area (Å²) in [5.41, 5.74) is 1.90. The Morgan fingerprint density at radius 1 is 1.48 bits per heavy atom. The molecular weight excluding hydrogens is 269 g/mol. The van der Waals surface area contributed by atoms with Gasteiger partial charge in [-0.1, -0.05) is 6.92 Å². The second-order valence-corrected chi connectivity index (χ2v) is 5.75. The molecule has 0 bridgehead atoms. The molecule has 3 rings (SSSR count). The van der Waals surface area contributed by atoms with Gasteiger partial charge in [-0.3, -0.25) is 4.79 Å². The topological polar surface area (TPSA) is 56.9 Å². The first-order chi connectivity index (χ1) is 10.1. The maximum absolute atomic E-state index is 13.1. The minimum Gasteiger partial charge on any atom is -0.361 e. The molecule has 4 nitrogen and oxygen atoms in total. The number of hydrogen-bond donors (Lipinski definition) is 3. The van der Waals surface area contributed by atoms with Crippen molar-refractivity contribution < 1.29 is 9.18 Å². The highest BCUT2D eigenvalue weighted by Crippen LogP contribution is 2.20. The van der Waals surface area contributed by atoms with Gasteiger partial charge in [0.2, 0.25) is 5.91 Å². The number of halogens is 1. The standard InChI is InChI=1S/C16H20FN3O/c1-10(12-7-18-8-12)16(21)19-5-4-11-9-20-15-6-13(17)2-3-14(11)15/h2-3,6,9-10,12,18,20H,4-5,7-8H2,1H3,(H,19,21). The molecule has 1 unspecified atom stereocenters. The molecule has 0 radical (unpaired) electrons. The quantitative estimate of drug-likeness (QED) is 0.786. The zero-order valence-corrected chi connectivity index (χ0v) is 12.1. The maximum Gasteiger partial charge on any atom is 0.223 e. The van der Waals surface area contributed by atoms with Gasteiger partial charge >= 0.3 is 0 Å². The predicted molar refractivity (Wildman–Crippen MR) is 80.5 cm³/mol. The van der Waals surface area contributed by atoms with Crippen LogP contribution in [0.4, 0.5) is 4.39 Å². The number of hydrogen-bond acceptors (Lipinski definition) is 2. The number of carbonyl (C=O) groups excluding carboxylic acids is 1. The number of nitrogens with one attached hydrogen (secondary N) is 3. The monoisotopic (exact) mass is 289 g/mol. The van der Waals surface area contributed by atoms with E-state index in [0.717, 1.165) is 36.0 Å². The fourth-order valence-corrected chi connectivity index (χ4v) is 2.73. The third-order valence-corrected chi connectivity index (χ3v) is 4.36. The maximum atomic E-state index is 13.1. The summed E-state index contributed by atoms with van der Waals surface area (Å²) in [5, 5.41) is 7.19. The highest BCUT2D eigenvalue weighted by Gasteiger charge is 2.28. The van der Waals surface area contributed by atoms with Gasteiger partial charge in [0, 0.05) is 29.6 Å². The van der Waals surface area contributed by atoms with Crippen molar-refractivity contribution in [2.75, 3.05) is 19.6 Å². The molecule has 1 amide bonds. The molecule has 1 aliphatic rings. The van der Waals surface area contributed by atoms with Gasteiger partial charge in [-0.2, -0.15) is 0 Å². The van der Waals surface area contributed by atoms with Crippen molar-refractivity contribution in [1.29, 1.82) is 0 Å². The molecule has 1 fully saturated rings. The van der Waals surface area contributed by atoms with Gasteiger partial charge in [0.15, 0.2) is 0 Å². The van der Waals surface area contributed by atoms with Crippen molar-refractivity contribution in [3.8, 4) is 0 Å². The molecule has 0 aliphatic carbocycles. The Morgan fingerprint density at radius 2 is 2.29 bits per heavy atom. The fraction of sp³-hybridized carbons (Fsp3) is 0.438. The van der Waals surface area contributed by atoms with E-state index in [1.807, 2.05) is 13.1 Å². The Kier molecular flexibility index (Phi) is 3.92. The largest absolute Gasteiger partial charge is 0.361 e. The number of aromatic nitrogens is 1. The van der Waals surface area contributed by atoms with E-state index in [4.69, 9.17) is 0 Å². The minimum atomic E-state index is -0.243. The molecule has 1 aromatic carbocycles. The van der Waals surface area contributed by atoms with Crippen molar-refractivity contribution >= 4 is 16.8 Å². The Labute approximate surface area is 123 Å². The van der Waals surface area contributed by atoms with E-state index in [0.29, 0.717) is 12.5 Å². The molecule has 1 aliphatic heterocycles. The van der Waals surface area contributed by atoms with Crippen LogP contribution in [0.25, 0.3) is 10.9 Å². The summed E-state index contributed by atoms with van der Waals surface area (Å²) < 4.78 is 13.1. The molecule has 2 aromatic rings. The number of benzene rings is 1. The van der Waals surface area contributed by atoms with Crippen LogP contribution in [0.1, 0.15) is 12.5 Å². The van der Waals surface area contributed by atoms with E-state index in [1.54, 1.807) is 6.07 Å². The lowest BCUT2D eigenvalue weighted by atomic mass is 9.88. The van der Waals surface area contributed by atoms with Gasteiger partial charge in [0.25, 0.3) is 0 Å². The van der Waals surface area contributed by atoms with Gasteiger partial charge in [0.1, 0.15) is 5.82 Å². The van der Waals surface area contributed by atoms with Crippen molar-refractivity contribution in [1.82, 2.24) is 15.6 Å². The molecule has 0 saturated carbocycles. The van der Waals surface area contributed by atoms with Gasteiger partial charge < -0.3 is 15.6 Å². The van der Waals surface area contributed by atoms with Gasteiger partial charge in [-0.25, -0.2) is 4.39 Å². The lowest BCUT2D eigenvalue weighted by Gasteiger charge is -2.31. The van der Waals surface area contributed by atoms with Gasteiger partial charge in [0.05, 0.1) is 0 Å². The van der Waals surface area contributed by atoms with Crippen LogP contribution in [0.3, 0.4) is 0 Å². The third-order valence-electron chi connectivity index (χ3n) is 4.36. The Hall–Kier alpha value is -1.88. The third kappa shape index (κ3) is 2.93. The summed E-state index contributed by atoms with van der Waals surface area (Å²) in [6, 6.07) is 4.73. The number of aromatic amines is 1. The second kappa shape index (κ2) is 5.85. The predicted octanol–water partition coefficient (Wildman–Crippen LogP) is 1.82. The first kappa shape index (κ1) is 14.1.